The predicted molar refractivity (Wildman–Crippen MR) is 68.6 cm³/mol. The second-order valence-electron chi connectivity index (χ2n) is 5.26. The lowest BCUT2D eigenvalue weighted by atomic mass is 9.89. The quantitative estimate of drug-likeness (QED) is 0.706. The van der Waals surface area contributed by atoms with Crippen molar-refractivity contribution < 1.29 is 4.79 Å². The second-order valence-corrected chi connectivity index (χ2v) is 5.61. The fourth-order valence-corrected chi connectivity index (χ4v) is 3.61. The number of amides is 1. The van der Waals surface area contributed by atoms with Gasteiger partial charge in [0.25, 0.3) is 0 Å². The second kappa shape index (κ2) is 5.85. The molecule has 2 rings (SSSR count). The summed E-state index contributed by atoms with van der Waals surface area (Å²) in [4.78, 5) is 13.7. The van der Waals surface area contributed by atoms with Gasteiger partial charge in [-0.1, -0.05) is 38.5 Å². The molecule has 0 N–H and O–H groups in total. The maximum absolute atomic E-state index is 11.7. The maximum Gasteiger partial charge on any atom is 0.313 e. The normalized spacial score (nSPS) is 24.2. The SMILES string of the molecule is O=C([S])N(C1CCCCC1)C1CCCCC1. The van der Waals surface area contributed by atoms with Gasteiger partial charge in [0.2, 0.25) is 0 Å². The monoisotopic (exact) mass is 240 g/mol. The van der Waals surface area contributed by atoms with Gasteiger partial charge in [-0.2, -0.15) is 0 Å². The van der Waals surface area contributed by atoms with Gasteiger partial charge in [0, 0.05) is 12.1 Å². The minimum Gasteiger partial charge on any atom is -0.324 e. The Balaban J connectivity index is 1.99. The van der Waals surface area contributed by atoms with Gasteiger partial charge >= 0.3 is 5.24 Å². The molecule has 2 saturated carbocycles. The first kappa shape index (κ1) is 12.2. The molecule has 2 nitrogen and oxygen atoms in total. The van der Waals surface area contributed by atoms with Crippen molar-refractivity contribution in [1.29, 1.82) is 0 Å². The summed E-state index contributed by atoms with van der Waals surface area (Å²) in [6.07, 6.45) is 12.5. The highest BCUT2D eigenvalue weighted by Gasteiger charge is 2.31. The largest absolute Gasteiger partial charge is 0.324 e. The molecule has 16 heavy (non-hydrogen) atoms. The van der Waals surface area contributed by atoms with Crippen molar-refractivity contribution in [3.05, 3.63) is 0 Å². The lowest BCUT2D eigenvalue weighted by molar-refractivity contribution is 0.122. The van der Waals surface area contributed by atoms with Gasteiger partial charge < -0.3 is 4.90 Å². The molecule has 1 radical (unpaired) electrons. The summed E-state index contributed by atoms with van der Waals surface area (Å²) in [6, 6.07) is 0.920. The molecule has 0 spiro atoms. The molecule has 0 heterocycles. The molecule has 3 heteroatoms. The smallest absolute Gasteiger partial charge is 0.313 e. The van der Waals surface area contributed by atoms with Crippen LogP contribution < -0.4 is 0 Å². The number of nitrogens with zero attached hydrogens (tertiary/aromatic N) is 1. The molecule has 0 bridgehead atoms. The van der Waals surface area contributed by atoms with Gasteiger partial charge in [-0.05, 0) is 38.3 Å². The van der Waals surface area contributed by atoms with Crippen molar-refractivity contribution in [2.75, 3.05) is 0 Å². The van der Waals surface area contributed by atoms with Crippen molar-refractivity contribution in [1.82, 2.24) is 4.90 Å². The average molecular weight is 240 g/mol. The Hall–Kier alpha value is -0.310. The van der Waals surface area contributed by atoms with E-state index in [0.717, 1.165) is 0 Å². The van der Waals surface area contributed by atoms with Crippen LogP contribution in [0.5, 0.6) is 0 Å². The Morgan fingerprint density at radius 1 is 0.812 bits per heavy atom. The summed E-state index contributed by atoms with van der Waals surface area (Å²) in [5, 5.41) is -0.0983. The van der Waals surface area contributed by atoms with E-state index in [1.54, 1.807) is 0 Å². The van der Waals surface area contributed by atoms with Crippen LogP contribution in [-0.4, -0.2) is 22.2 Å². The standard InChI is InChI=1S/C13H22NOS/c15-13(16)14(11-7-3-1-4-8-11)12-9-5-2-6-10-12/h11-12H,1-10H2. The minimum atomic E-state index is -0.0983. The van der Waals surface area contributed by atoms with Crippen LogP contribution in [0, 0.1) is 0 Å². The van der Waals surface area contributed by atoms with Crippen LogP contribution in [-0.2, 0) is 0 Å². The molecule has 0 atom stereocenters. The topological polar surface area (TPSA) is 20.3 Å². The molecule has 0 saturated heterocycles. The molecule has 0 aromatic carbocycles. The molecule has 0 aromatic heterocycles. The Labute approximate surface area is 104 Å². The zero-order valence-electron chi connectivity index (χ0n) is 9.99. The van der Waals surface area contributed by atoms with Crippen LogP contribution in [0.4, 0.5) is 4.79 Å². The summed E-state index contributed by atoms with van der Waals surface area (Å²) >= 11 is 4.95. The van der Waals surface area contributed by atoms with Crippen LogP contribution >= 0.6 is 12.6 Å². The summed E-state index contributed by atoms with van der Waals surface area (Å²) in [7, 11) is 0. The third-order valence-corrected chi connectivity index (χ3v) is 4.36. The number of carbonyl (C=O) groups excluding carboxylic acids is 1. The van der Waals surface area contributed by atoms with Crippen LogP contribution in [0.1, 0.15) is 64.2 Å². The van der Waals surface area contributed by atoms with Crippen molar-refractivity contribution in [3.8, 4) is 0 Å². The van der Waals surface area contributed by atoms with Gasteiger partial charge in [0.05, 0.1) is 0 Å². The van der Waals surface area contributed by atoms with Crippen molar-refractivity contribution in [3.63, 3.8) is 0 Å². The fraction of sp³-hybridized carbons (Fsp3) is 0.923. The Morgan fingerprint density at radius 3 is 1.50 bits per heavy atom. The predicted octanol–water partition coefficient (Wildman–Crippen LogP) is 4.27. The lowest BCUT2D eigenvalue weighted by Crippen LogP contribution is -2.46. The summed E-state index contributed by atoms with van der Waals surface area (Å²) in [5.41, 5.74) is 0. The highest BCUT2D eigenvalue weighted by molar-refractivity contribution is 7.96. The van der Waals surface area contributed by atoms with E-state index in [9.17, 15) is 4.79 Å². The number of carbonyl (C=O) groups is 1. The fourth-order valence-electron chi connectivity index (χ4n) is 3.31. The summed E-state index contributed by atoms with van der Waals surface area (Å²) in [6.45, 7) is 0. The molecule has 2 aliphatic carbocycles. The first-order chi connectivity index (χ1) is 7.79. The Morgan fingerprint density at radius 2 is 1.19 bits per heavy atom. The molecule has 0 unspecified atom stereocenters. The van der Waals surface area contributed by atoms with Crippen LogP contribution in [0.3, 0.4) is 0 Å². The first-order valence-electron chi connectivity index (χ1n) is 6.78. The van der Waals surface area contributed by atoms with Crippen LogP contribution in [0.15, 0.2) is 0 Å². The highest BCUT2D eigenvalue weighted by atomic mass is 32.1. The van der Waals surface area contributed by atoms with Crippen molar-refractivity contribution >= 4 is 17.9 Å². The molecular formula is C13H22NOS. The number of hydrogen-bond donors (Lipinski definition) is 0. The lowest BCUT2D eigenvalue weighted by Gasteiger charge is -2.40. The molecule has 1 amide bonds. The van der Waals surface area contributed by atoms with Crippen molar-refractivity contribution in [2.45, 2.75) is 76.3 Å². The van der Waals surface area contributed by atoms with Gasteiger partial charge in [-0.3, -0.25) is 4.79 Å². The van der Waals surface area contributed by atoms with E-state index >= 15 is 0 Å². The summed E-state index contributed by atoms with van der Waals surface area (Å²) in [5.74, 6) is 0. The number of rotatable bonds is 2. The minimum absolute atomic E-state index is 0.0983. The Bertz CT molecular complexity index is 214. The molecule has 0 aliphatic heterocycles. The maximum atomic E-state index is 11.7. The average Bonchev–Trinajstić information content (AvgIpc) is 2.31. The Kier molecular flexibility index (Phi) is 4.45. The van der Waals surface area contributed by atoms with E-state index in [0.29, 0.717) is 12.1 Å². The van der Waals surface area contributed by atoms with E-state index in [1.165, 1.54) is 64.2 Å². The highest BCUT2D eigenvalue weighted by Crippen LogP contribution is 2.30. The van der Waals surface area contributed by atoms with E-state index in [4.69, 9.17) is 12.6 Å². The zero-order valence-corrected chi connectivity index (χ0v) is 10.8. The van der Waals surface area contributed by atoms with E-state index < -0.39 is 0 Å². The van der Waals surface area contributed by atoms with Gasteiger partial charge in [0.1, 0.15) is 0 Å². The molecule has 2 fully saturated rings. The van der Waals surface area contributed by atoms with Crippen LogP contribution in [0.25, 0.3) is 0 Å². The molecule has 91 valence electrons. The van der Waals surface area contributed by atoms with Gasteiger partial charge in [-0.25, -0.2) is 0 Å². The third kappa shape index (κ3) is 2.88. The van der Waals surface area contributed by atoms with E-state index in [1.807, 2.05) is 0 Å². The molecule has 2 aliphatic rings. The zero-order chi connectivity index (χ0) is 11.4. The summed E-state index contributed by atoms with van der Waals surface area (Å²) < 4.78 is 0. The van der Waals surface area contributed by atoms with Crippen LogP contribution in [0.2, 0.25) is 0 Å². The third-order valence-electron chi connectivity index (χ3n) is 4.15. The molecular weight excluding hydrogens is 218 g/mol. The van der Waals surface area contributed by atoms with E-state index in [2.05, 4.69) is 4.90 Å². The first-order valence-corrected chi connectivity index (χ1v) is 7.19. The van der Waals surface area contributed by atoms with E-state index in [-0.39, 0.29) is 5.24 Å². The number of hydrogen-bond acceptors (Lipinski definition) is 1. The van der Waals surface area contributed by atoms with Gasteiger partial charge in [-0.15, -0.1) is 0 Å². The van der Waals surface area contributed by atoms with Gasteiger partial charge in [0.15, 0.2) is 0 Å². The van der Waals surface area contributed by atoms with Crippen molar-refractivity contribution in [2.24, 2.45) is 0 Å². The molecule has 0 aromatic rings.